The molecule has 1 fully saturated rings. The number of benzene rings is 1. The Morgan fingerprint density at radius 2 is 2.15 bits per heavy atom. The van der Waals surface area contributed by atoms with Crippen LogP contribution in [0, 0.1) is 0 Å². The number of carbonyl (C=O) groups excluding carboxylic acids is 1. The average Bonchev–Trinajstić information content (AvgIpc) is 2.47. The van der Waals surface area contributed by atoms with E-state index in [1.165, 1.54) is 23.9 Å². The number of thiocarbonyl (C=S) groups is 1. The van der Waals surface area contributed by atoms with Crippen molar-refractivity contribution in [2.45, 2.75) is 0 Å². The molecule has 2 rings (SSSR count). The summed E-state index contributed by atoms with van der Waals surface area (Å²) in [5, 5.41) is 10.1. The van der Waals surface area contributed by atoms with E-state index in [2.05, 4.69) is 0 Å². The third-order valence-corrected chi connectivity index (χ3v) is 4.61. The molecule has 0 radical (unpaired) electrons. The van der Waals surface area contributed by atoms with Crippen LogP contribution in [-0.4, -0.2) is 52.2 Å². The number of nitrogens with zero attached hydrogens (tertiary/aromatic N) is 1. The van der Waals surface area contributed by atoms with E-state index in [4.69, 9.17) is 28.6 Å². The third kappa shape index (κ3) is 4.09. The Morgan fingerprint density at radius 1 is 1.45 bits per heavy atom. The van der Waals surface area contributed by atoms with E-state index in [0.717, 1.165) is 13.1 Å². The lowest BCUT2D eigenvalue weighted by Gasteiger charge is -2.28. The van der Waals surface area contributed by atoms with Crippen LogP contribution in [-0.2, 0) is 4.74 Å². The summed E-state index contributed by atoms with van der Waals surface area (Å²) in [6.45, 7) is 2.82. The van der Waals surface area contributed by atoms with Gasteiger partial charge in [0.15, 0.2) is 5.78 Å². The number of hydrogen-bond donors (Lipinski definition) is 1. The van der Waals surface area contributed by atoms with Gasteiger partial charge in [-0.15, -0.1) is 0 Å². The van der Waals surface area contributed by atoms with Crippen LogP contribution in [0.25, 0.3) is 0 Å². The van der Waals surface area contributed by atoms with Gasteiger partial charge in [0.2, 0.25) is 0 Å². The Hall–Kier alpha value is -0.820. The van der Waals surface area contributed by atoms with E-state index in [1.807, 2.05) is 4.90 Å². The number of morpholine rings is 1. The normalized spacial score (nSPS) is 15.2. The molecule has 0 aliphatic carbocycles. The largest absolute Gasteiger partial charge is 0.507 e. The first kappa shape index (κ1) is 15.6. The van der Waals surface area contributed by atoms with Crippen molar-refractivity contribution >= 4 is 45.7 Å². The first-order valence-electron chi connectivity index (χ1n) is 6.09. The molecule has 108 valence electrons. The number of Topliss-reactive ketones (excluding diaryl/α,β-unsaturated/α-hetero) is 1. The van der Waals surface area contributed by atoms with Gasteiger partial charge in [0.1, 0.15) is 10.1 Å². The van der Waals surface area contributed by atoms with Crippen molar-refractivity contribution in [3.63, 3.8) is 0 Å². The van der Waals surface area contributed by atoms with Gasteiger partial charge in [-0.25, -0.2) is 0 Å². The van der Waals surface area contributed by atoms with Crippen molar-refractivity contribution in [3.05, 3.63) is 28.8 Å². The predicted molar refractivity (Wildman–Crippen MR) is 84.9 cm³/mol. The lowest BCUT2D eigenvalue weighted by atomic mass is 10.1. The summed E-state index contributed by atoms with van der Waals surface area (Å²) in [4.78, 5) is 14.1. The summed E-state index contributed by atoms with van der Waals surface area (Å²) in [7, 11) is 0. The van der Waals surface area contributed by atoms with E-state index in [9.17, 15) is 9.90 Å². The molecule has 7 heteroatoms. The average molecular weight is 332 g/mol. The molecular weight excluding hydrogens is 318 g/mol. The molecule has 1 aliphatic rings. The fourth-order valence-electron chi connectivity index (χ4n) is 1.77. The monoisotopic (exact) mass is 331 g/mol. The maximum Gasteiger partial charge on any atom is 0.176 e. The topological polar surface area (TPSA) is 49.8 Å². The number of aromatic hydroxyl groups is 1. The molecule has 0 amide bonds. The fourth-order valence-corrected chi connectivity index (χ4v) is 3.08. The lowest BCUT2D eigenvalue weighted by Crippen LogP contribution is -2.38. The number of hydrogen-bond acceptors (Lipinski definition) is 5. The minimum absolute atomic E-state index is 0.0581. The number of ketones is 1. The quantitative estimate of drug-likeness (QED) is 0.678. The van der Waals surface area contributed by atoms with E-state index in [0.29, 0.717) is 22.6 Å². The third-order valence-electron chi connectivity index (χ3n) is 2.86. The van der Waals surface area contributed by atoms with Crippen molar-refractivity contribution in [2.24, 2.45) is 0 Å². The van der Waals surface area contributed by atoms with E-state index >= 15 is 0 Å². The predicted octanol–water partition coefficient (Wildman–Crippen LogP) is 2.58. The molecule has 0 saturated carbocycles. The molecule has 0 bridgehead atoms. The van der Waals surface area contributed by atoms with Crippen LogP contribution in [0.4, 0.5) is 0 Å². The van der Waals surface area contributed by atoms with Crippen LogP contribution in [0.2, 0.25) is 5.02 Å². The molecule has 1 N–H and O–H groups in total. The minimum atomic E-state index is -0.189. The maximum atomic E-state index is 12.1. The minimum Gasteiger partial charge on any atom is -0.507 e. The van der Waals surface area contributed by atoms with Gasteiger partial charge in [-0.3, -0.25) is 4.79 Å². The van der Waals surface area contributed by atoms with Crippen molar-refractivity contribution in [3.8, 4) is 5.75 Å². The van der Waals surface area contributed by atoms with Crippen molar-refractivity contribution in [1.82, 2.24) is 4.90 Å². The smallest absolute Gasteiger partial charge is 0.176 e. The highest BCUT2D eigenvalue weighted by Gasteiger charge is 2.17. The van der Waals surface area contributed by atoms with Crippen LogP contribution in [0.1, 0.15) is 10.4 Å². The molecule has 0 atom stereocenters. The molecule has 0 aromatic heterocycles. The first-order chi connectivity index (χ1) is 9.58. The second kappa shape index (κ2) is 7.26. The van der Waals surface area contributed by atoms with E-state index in [1.54, 1.807) is 6.07 Å². The van der Waals surface area contributed by atoms with Gasteiger partial charge in [-0.2, -0.15) is 0 Å². The molecule has 0 unspecified atom stereocenters. The van der Waals surface area contributed by atoms with E-state index < -0.39 is 0 Å². The molecule has 1 aromatic carbocycles. The summed E-state index contributed by atoms with van der Waals surface area (Å²) in [5.41, 5.74) is 0.231. The van der Waals surface area contributed by atoms with Crippen molar-refractivity contribution < 1.29 is 14.6 Å². The highest BCUT2D eigenvalue weighted by molar-refractivity contribution is 8.23. The van der Waals surface area contributed by atoms with Crippen LogP contribution in [0.5, 0.6) is 5.75 Å². The Balaban J connectivity index is 1.91. The summed E-state index contributed by atoms with van der Waals surface area (Å²) in [6, 6.07) is 4.43. The van der Waals surface area contributed by atoms with Gasteiger partial charge in [-0.05, 0) is 18.2 Å². The molecule has 0 spiro atoms. The van der Waals surface area contributed by atoms with Crippen LogP contribution in [0.3, 0.4) is 0 Å². The fraction of sp³-hybridized carbons (Fsp3) is 0.385. The zero-order chi connectivity index (χ0) is 14.5. The molecule has 1 aromatic rings. The van der Waals surface area contributed by atoms with Gasteiger partial charge >= 0.3 is 0 Å². The second-order valence-electron chi connectivity index (χ2n) is 4.24. The number of rotatable bonds is 3. The van der Waals surface area contributed by atoms with Crippen LogP contribution < -0.4 is 0 Å². The molecule has 20 heavy (non-hydrogen) atoms. The molecule has 1 aliphatic heterocycles. The van der Waals surface area contributed by atoms with Gasteiger partial charge in [0, 0.05) is 18.1 Å². The first-order valence-corrected chi connectivity index (χ1v) is 7.86. The molecule has 1 saturated heterocycles. The highest BCUT2D eigenvalue weighted by atomic mass is 35.5. The van der Waals surface area contributed by atoms with Gasteiger partial charge in [0.25, 0.3) is 0 Å². The Morgan fingerprint density at radius 3 is 2.85 bits per heavy atom. The van der Waals surface area contributed by atoms with Crippen molar-refractivity contribution in [1.29, 1.82) is 0 Å². The number of ether oxygens (including phenoxy) is 1. The van der Waals surface area contributed by atoms with Crippen LogP contribution in [0.15, 0.2) is 18.2 Å². The Kier molecular flexibility index (Phi) is 5.65. The number of thioether (sulfide) groups is 1. The van der Waals surface area contributed by atoms with Crippen LogP contribution >= 0.6 is 35.6 Å². The van der Waals surface area contributed by atoms with E-state index in [-0.39, 0.29) is 22.8 Å². The maximum absolute atomic E-state index is 12.1. The SMILES string of the molecule is O=C(CSC(=S)N1CCOCC1)c1cc(Cl)ccc1O. The number of carbonyl (C=O) groups is 1. The zero-order valence-corrected chi connectivity index (χ0v) is 13.1. The number of phenolic OH excluding ortho intramolecular Hbond substituents is 1. The van der Waals surface area contributed by atoms with Gasteiger partial charge in [-0.1, -0.05) is 35.6 Å². The standard InChI is InChI=1S/C13H14ClNO3S2/c14-9-1-2-11(16)10(7-9)12(17)8-20-13(19)15-3-5-18-6-4-15/h1-2,7,16H,3-6,8H2. The summed E-state index contributed by atoms with van der Waals surface area (Å²) in [5.74, 6) is -0.0627. The molecule has 1 heterocycles. The summed E-state index contributed by atoms with van der Waals surface area (Å²) < 4.78 is 5.93. The van der Waals surface area contributed by atoms with Gasteiger partial charge in [0.05, 0.1) is 24.5 Å². The summed E-state index contributed by atoms with van der Waals surface area (Å²) in [6.07, 6.45) is 0. The molecule has 4 nitrogen and oxygen atoms in total. The molecular formula is C13H14ClNO3S2. The Labute approximate surface area is 132 Å². The lowest BCUT2D eigenvalue weighted by molar-refractivity contribution is 0.0702. The van der Waals surface area contributed by atoms with Crippen molar-refractivity contribution in [2.75, 3.05) is 32.1 Å². The summed E-state index contributed by atoms with van der Waals surface area (Å²) >= 11 is 12.4. The Bertz CT molecular complexity index is 518. The van der Waals surface area contributed by atoms with Gasteiger partial charge < -0.3 is 14.7 Å². The highest BCUT2D eigenvalue weighted by Crippen LogP contribution is 2.23. The zero-order valence-electron chi connectivity index (χ0n) is 10.7. The number of phenols is 1. The number of halogens is 1. The second-order valence-corrected chi connectivity index (χ2v) is 6.28.